The van der Waals surface area contributed by atoms with Crippen LogP contribution in [0.5, 0.6) is 0 Å². The number of benzene rings is 1. The molecular weight excluding hydrogens is 312 g/mol. The van der Waals surface area contributed by atoms with Gasteiger partial charge < -0.3 is 10.1 Å². The Hall–Kier alpha value is -2.44. The van der Waals surface area contributed by atoms with E-state index in [-0.39, 0.29) is 18.3 Å². The average molecular weight is 332 g/mol. The number of nitro groups is 1. The zero-order valence-electron chi connectivity index (χ0n) is 13.3. The fourth-order valence-corrected chi connectivity index (χ4v) is 3.91. The Morgan fingerprint density at radius 2 is 1.96 bits per heavy atom. The highest BCUT2D eigenvalue weighted by Crippen LogP contribution is 2.49. The SMILES string of the molecule is O=C(COC(=O)C[C@H]1C[C@H]2CC[C@@H]1C2)Nc1ccc([N+](=O)[O-])cc1. The van der Waals surface area contributed by atoms with Crippen LogP contribution in [0.3, 0.4) is 0 Å². The van der Waals surface area contributed by atoms with Crippen molar-refractivity contribution in [1.29, 1.82) is 0 Å². The van der Waals surface area contributed by atoms with Gasteiger partial charge in [-0.1, -0.05) is 6.42 Å². The number of nitrogens with one attached hydrogen (secondary N) is 1. The summed E-state index contributed by atoms with van der Waals surface area (Å²) in [6.45, 7) is -0.337. The molecule has 3 atom stereocenters. The van der Waals surface area contributed by atoms with Crippen molar-refractivity contribution < 1.29 is 19.2 Å². The first-order valence-electron chi connectivity index (χ1n) is 8.21. The molecule has 2 bridgehead atoms. The van der Waals surface area contributed by atoms with Gasteiger partial charge in [-0.2, -0.15) is 0 Å². The van der Waals surface area contributed by atoms with Gasteiger partial charge in [-0.15, -0.1) is 0 Å². The average Bonchev–Trinajstić information content (AvgIpc) is 3.16. The second-order valence-electron chi connectivity index (χ2n) is 6.65. The number of rotatable bonds is 6. The van der Waals surface area contributed by atoms with E-state index < -0.39 is 10.8 Å². The molecule has 1 aromatic carbocycles. The van der Waals surface area contributed by atoms with Crippen LogP contribution in [0.2, 0.25) is 0 Å². The minimum absolute atomic E-state index is 0.0507. The Morgan fingerprint density at radius 3 is 2.54 bits per heavy atom. The number of hydrogen-bond acceptors (Lipinski definition) is 5. The number of amides is 1. The predicted molar refractivity (Wildman–Crippen MR) is 86.2 cm³/mol. The number of carbonyl (C=O) groups is 2. The number of ether oxygens (including phenoxy) is 1. The van der Waals surface area contributed by atoms with E-state index in [2.05, 4.69) is 5.32 Å². The van der Waals surface area contributed by atoms with Gasteiger partial charge in [0.2, 0.25) is 0 Å². The Kier molecular flexibility index (Phi) is 4.78. The Morgan fingerprint density at radius 1 is 1.21 bits per heavy atom. The van der Waals surface area contributed by atoms with Gasteiger partial charge in [0.1, 0.15) is 0 Å². The Labute approximate surface area is 139 Å². The van der Waals surface area contributed by atoms with Gasteiger partial charge in [0, 0.05) is 24.2 Å². The monoisotopic (exact) mass is 332 g/mol. The molecule has 128 valence electrons. The van der Waals surface area contributed by atoms with Gasteiger partial charge in [0.15, 0.2) is 6.61 Å². The van der Waals surface area contributed by atoms with E-state index in [1.807, 2.05) is 0 Å². The first-order chi connectivity index (χ1) is 11.5. The highest BCUT2D eigenvalue weighted by atomic mass is 16.6. The number of carbonyl (C=O) groups excluding carboxylic acids is 2. The standard InChI is InChI=1S/C17H20N2O5/c20-16(18-14-3-5-15(6-4-14)19(22)23)10-24-17(21)9-13-8-11-1-2-12(13)7-11/h3-6,11-13H,1-2,7-10H2,(H,18,20)/t11-,12+,13+/m0/s1. The molecule has 24 heavy (non-hydrogen) atoms. The number of fused-ring (bicyclic) bond motifs is 2. The largest absolute Gasteiger partial charge is 0.456 e. The summed E-state index contributed by atoms with van der Waals surface area (Å²) in [6, 6.07) is 5.48. The maximum Gasteiger partial charge on any atom is 0.306 e. The van der Waals surface area contributed by atoms with Crippen LogP contribution < -0.4 is 5.32 Å². The number of anilines is 1. The molecule has 0 heterocycles. The summed E-state index contributed by atoms with van der Waals surface area (Å²) in [5.41, 5.74) is 0.375. The summed E-state index contributed by atoms with van der Waals surface area (Å²) in [7, 11) is 0. The molecule has 7 heteroatoms. The molecular formula is C17H20N2O5. The van der Waals surface area contributed by atoms with Crippen molar-refractivity contribution in [2.75, 3.05) is 11.9 Å². The lowest BCUT2D eigenvalue weighted by atomic mass is 9.86. The molecule has 1 aromatic rings. The molecule has 0 aromatic heterocycles. The van der Waals surface area contributed by atoms with Crippen LogP contribution in [0, 0.1) is 27.9 Å². The lowest BCUT2D eigenvalue weighted by Gasteiger charge is -2.20. The Bertz CT molecular complexity index is 643. The maximum atomic E-state index is 11.9. The van der Waals surface area contributed by atoms with Crippen LogP contribution in [0.25, 0.3) is 0 Å². The molecule has 3 rings (SSSR count). The highest BCUT2D eigenvalue weighted by molar-refractivity contribution is 5.92. The lowest BCUT2D eigenvalue weighted by molar-refractivity contribution is -0.384. The third-order valence-corrected chi connectivity index (χ3v) is 5.04. The van der Waals surface area contributed by atoms with Crippen molar-refractivity contribution >= 4 is 23.3 Å². The van der Waals surface area contributed by atoms with Gasteiger partial charge in [-0.3, -0.25) is 19.7 Å². The van der Waals surface area contributed by atoms with Crippen LogP contribution in [-0.2, 0) is 14.3 Å². The minimum Gasteiger partial charge on any atom is -0.456 e. The second-order valence-corrected chi connectivity index (χ2v) is 6.65. The number of esters is 1. The quantitative estimate of drug-likeness (QED) is 0.490. The summed E-state index contributed by atoms with van der Waals surface area (Å²) in [5.74, 6) is 1.06. The topological polar surface area (TPSA) is 98.5 Å². The summed E-state index contributed by atoms with van der Waals surface area (Å²) in [5, 5.41) is 13.1. The smallest absolute Gasteiger partial charge is 0.306 e. The molecule has 0 saturated heterocycles. The van der Waals surface area contributed by atoms with E-state index >= 15 is 0 Å². The van der Waals surface area contributed by atoms with Gasteiger partial charge >= 0.3 is 5.97 Å². The van der Waals surface area contributed by atoms with E-state index in [0.717, 1.165) is 12.3 Å². The van der Waals surface area contributed by atoms with Crippen LogP contribution in [0.4, 0.5) is 11.4 Å². The van der Waals surface area contributed by atoms with Crippen LogP contribution in [0.15, 0.2) is 24.3 Å². The molecule has 2 aliphatic rings. The van der Waals surface area contributed by atoms with Gasteiger partial charge in [-0.25, -0.2) is 0 Å². The number of hydrogen-bond donors (Lipinski definition) is 1. The van der Waals surface area contributed by atoms with Crippen LogP contribution >= 0.6 is 0 Å². The van der Waals surface area contributed by atoms with E-state index in [1.54, 1.807) is 0 Å². The first-order valence-corrected chi connectivity index (χ1v) is 8.21. The summed E-state index contributed by atoms with van der Waals surface area (Å²) < 4.78 is 5.05. The molecule has 1 N–H and O–H groups in total. The van der Waals surface area contributed by atoms with Gasteiger partial charge in [-0.05, 0) is 49.1 Å². The molecule has 0 aliphatic heterocycles. The van der Waals surface area contributed by atoms with Crippen LogP contribution in [-0.4, -0.2) is 23.4 Å². The van der Waals surface area contributed by atoms with Gasteiger partial charge in [0.25, 0.3) is 11.6 Å². The molecule has 7 nitrogen and oxygen atoms in total. The number of nitrogens with zero attached hydrogens (tertiary/aromatic N) is 1. The van der Waals surface area contributed by atoms with Gasteiger partial charge in [0.05, 0.1) is 4.92 Å². The molecule has 2 fully saturated rings. The zero-order valence-corrected chi connectivity index (χ0v) is 13.3. The van der Waals surface area contributed by atoms with E-state index in [9.17, 15) is 19.7 Å². The summed E-state index contributed by atoms with van der Waals surface area (Å²) in [4.78, 5) is 33.7. The molecule has 0 radical (unpaired) electrons. The first kappa shape index (κ1) is 16.4. The maximum absolute atomic E-state index is 11.9. The number of non-ortho nitro benzene ring substituents is 1. The van der Waals surface area contributed by atoms with Crippen molar-refractivity contribution in [2.24, 2.45) is 17.8 Å². The molecule has 0 spiro atoms. The van der Waals surface area contributed by atoms with E-state index in [4.69, 9.17) is 4.74 Å². The number of nitro benzene ring substituents is 1. The fraction of sp³-hybridized carbons (Fsp3) is 0.529. The minimum atomic E-state index is -0.511. The fourth-order valence-electron chi connectivity index (χ4n) is 3.91. The normalized spacial score (nSPS) is 24.6. The summed E-state index contributed by atoms with van der Waals surface area (Å²) in [6.07, 6.45) is 5.23. The van der Waals surface area contributed by atoms with Crippen LogP contribution in [0.1, 0.15) is 32.1 Å². The van der Waals surface area contributed by atoms with Crippen molar-refractivity contribution in [2.45, 2.75) is 32.1 Å². The second kappa shape index (κ2) is 6.98. The lowest BCUT2D eigenvalue weighted by Crippen LogP contribution is -2.23. The molecule has 2 saturated carbocycles. The third kappa shape index (κ3) is 3.90. The molecule has 2 aliphatic carbocycles. The predicted octanol–water partition coefficient (Wildman–Crippen LogP) is 2.90. The summed E-state index contributed by atoms with van der Waals surface area (Å²) >= 11 is 0. The van der Waals surface area contributed by atoms with Crippen molar-refractivity contribution in [3.8, 4) is 0 Å². The van der Waals surface area contributed by atoms with Crippen molar-refractivity contribution in [1.82, 2.24) is 0 Å². The Balaban J connectivity index is 1.40. The molecule has 0 unspecified atom stereocenters. The van der Waals surface area contributed by atoms with Crippen molar-refractivity contribution in [3.05, 3.63) is 34.4 Å². The third-order valence-electron chi connectivity index (χ3n) is 5.04. The van der Waals surface area contributed by atoms with E-state index in [0.29, 0.717) is 23.9 Å². The van der Waals surface area contributed by atoms with E-state index in [1.165, 1.54) is 43.5 Å². The van der Waals surface area contributed by atoms with Crippen molar-refractivity contribution in [3.63, 3.8) is 0 Å². The highest BCUT2D eigenvalue weighted by Gasteiger charge is 2.40. The zero-order chi connectivity index (χ0) is 17.1. The molecule has 1 amide bonds.